The number of nitrogens with zero attached hydrogens (tertiary/aromatic N) is 2. The lowest BCUT2D eigenvalue weighted by Crippen LogP contribution is -2.39. The minimum absolute atomic E-state index is 0.0538. The highest BCUT2D eigenvalue weighted by molar-refractivity contribution is 5.88. The van der Waals surface area contributed by atoms with Gasteiger partial charge in [0.25, 0.3) is 0 Å². The van der Waals surface area contributed by atoms with Crippen LogP contribution in [0.3, 0.4) is 0 Å². The molecule has 182 valence electrons. The lowest BCUT2D eigenvalue weighted by Gasteiger charge is -2.34. The van der Waals surface area contributed by atoms with Gasteiger partial charge in [-0.3, -0.25) is 9.59 Å². The minimum Gasteiger partial charge on any atom is -0.369 e. The molecule has 3 N–H and O–H groups in total. The molecule has 4 rings (SSSR count). The first kappa shape index (κ1) is 23.8. The first-order valence-electron chi connectivity index (χ1n) is 11.1. The summed E-state index contributed by atoms with van der Waals surface area (Å²) in [7, 11) is 0. The molecule has 0 radical (unpaired) electrons. The quantitative estimate of drug-likeness (QED) is 0.611. The van der Waals surface area contributed by atoms with Crippen LogP contribution in [0.2, 0.25) is 0 Å². The number of primary amides is 1. The van der Waals surface area contributed by atoms with Crippen LogP contribution in [0.4, 0.5) is 34.6 Å². The Bertz CT molecular complexity index is 1050. The van der Waals surface area contributed by atoms with Gasteiger partial charge in [-0.2, -0.15) is 13.2 Å². The standard InChI is InChI=1S/C24H26F4N4O2/c25-20-6-5-19(12-21(20)31-9-7-17(8-10-31)24(26,27)28)30-18-3-1-15(2-4-18)13-32-14-16(23(29)34)11-22(32)33/h1-6,12,16-17,30H,7-11,13-14H2,(H2,29,34). The first-order valence-corrected chi connectivity index (χ1v) is 11.1. The zero-order valence-corrected chi connectivity index (χ0v) is 18.4. The number of rotatable bonds is 6. The topological polar surface area (TPSA) is 78.7 Å². The number of hydrogen-bond acceptors (Lipinski definition) is 4. The highest BCUT2D eigenvalue weighted by atomic mass is 19.4. The molecule has 0 bridgehead atoms. The fraction of sp³-hybridized carbons (Fsp3) is 0.417. The van der Waals surface area contributed by atoms with Crippen molar-refractivity contribution in [2.24, 2.45) is 17.6 Å². The molecule has 2 aliphatic rings. The van der Waals surface area contributed by atoms with Gasteiger partial charge in [0, 0.05) is 44.0 Å². The Labute approximate surface area is 194 Å². The number of piperidine rings is 1. The molecule has 2 aromatic rings. The lowest BCUT2D eigenvalue weighted by molar-refractivity contribution is -0.179. The van der Waals surface area contributed by atoms with E-state index in [-0.39, 0.29) is 43.9 Å². The number of hydrogen-bond donors (Lipinski definition) is 2. The lowest BCUT2D eigenvalue weighted by atomic mass is 9.96. The van der Waals surface area contributed by atoms with Crippen molar-refractivity contribution in [3.05, 3.63) is 53.8 Å². The van der Waals surface area contributed by atoms with E-state index in [2.05, 4.69) is 5.32 Å². The van der Waals surface area contributed by atoms with Gasteiger partial charge in [-0.15, -0.1) is 0 Å². The number of nitrogens with two attached hydrogens (primary N) is 1. The van der Waals surface area contributed by atoms with Crippen LogP contribution in [0.1, 0.15) is 24.8 Å². The summed E-state index contributed by atoms with van der Waals surface area (Å²) < 4.78 is 53.2. The molecule has 2 fully saturated rings. The van der Waals surface area contributed by atoms with E-state index in [9.17, 15) is 27.2 Å². The molecule has 0 aliphatic carbocycles. The van der Waals surface area contributed by atoms with Crippen molar-refractivity contribution in [2.45, 2.75) is 32.0 Å². The van der Waals surface area contributed by atoms with Crippen LogP contribution < -0.4 is 16.0 Å². The summed E-state index contributed by atoms with van der Waals surface area (Å²) >= 11 is 0. The Balaban J connectivity index is 1.38. The third kappa shape index (κ3) is 5.43. The number of alkyl halides is 3. The van der Waals surface area contributed by atoms with Gasteiger partial charge < -0.3 is 20.9 Å². The van der Waals surface area contributed by atoms with Crippen molar-refractivity contribution in [3.8, 4) is 0 Å². The molecule has 2 saturated heterocycles. The Kier molecular flexibility index (Phi) is 6.67. The number of amides is 2. The Hall–Kier alpha value is -3.30. The number of likely N-dealkylation sites (tertiary alicyclic amines) is 1. The number of halogens is 4. The molecule has 2 amide bonds. The van der Waals surface area contributed by atoms with Crippen LogP contribution in [-0.2, 0) is 16.1 Å². The van der Waals surface area contributed by atoms with E-state index in [1.165, 1.54) is 6.07 Å². The summed E-state index contributed by atoms with van der Waals surface area (Å²) in [6, 6.07) is 11.8. The summed E-state index contributed by atoms with van der Waals surface area (Å²) in [5.41, 5.74) is 7.81. The Morgan fingerprint density at radius 3 is 2.29 bits per heavy atom. The molecule has 0 spiro atoms. The predicted octanol–water partition coefficient (Wildman–Crippen LogP) is 4.18. The van der Waals surface area contributed by atoms with Crippen molar-refractivity contribution in [1.29, 1.82) is 0 Å². The van der Waals surface area contributed by atoms with E-state index >= 15 is 0 Å². The number of benzene rings is 2. The summed E-state index contributed by atoms with van der Waals surface area (Å²) in [6.45, 7) is 0.973. The summed E-state index contributed by atoms with van der Waals surface area (Å²) in [6.07, 6.45) is -4.19. The third-order valence-corrected chi connectivity index (χ3v) is 6.48. The van der Waals surface area contributed by atoms with Gasteiger partial charge in [0.2, 0.25) is 11.8 Å². The SMILES string of the molecule is NC(=O)C1CC(=O)N(Cc2ccc(Nc3ccc(F)c(N4CCC(C(F)(F)F)CC4)c3)cc2)C1. The van der Waals surface area contributed by atoms with Crippen LogP contribution in [0.5, 0.6) is 0 Å². The molecular formula is C24H26F4N4O2. The molecule has 2 aliphatic heterocycles. The van der Waals surface area contributed by atoms with Crippen molar-refractivity contribution in [1.82, 2.24) is 4.90 Å². The summed E-state index contributed by atoms with van der Waals surface area (Å²) in [5.74, 6) is -2.86. The average Bonchev–Trinajstić information content (AvgIpc) is 3.16. The van der Waals surface area contributed by atoms with Crippen LogP contribution >= 0.6 is 0 Å². The van der Waals surface area contributed by atoms with Gasteiger partial charge >= 0.3 is 6.18 Å². The zero-order chi connectivity index (χ0) is 24.5. The van der Waals surface area contributed by atoms with Gasteiger partial charge in [-0.25, -0.2) is 4.39 Å². The van der Waals surface area contributed by atoms with Crippen molar-refractivity contribution < 1.29 is 27.2 Å². The van der Waals surface area contributed by atoms with E-state index in [1.807, 2.05) is 24.3 Å². The number of carbonyl (C=O) groups excluding carboxylic acids is 2. The third-order valence-electron chi connectivity index (χ3n) is 6.48. The predicted molar refractivity (Wildman–Crippen MR) is 120 cm³/mol. The van der Waals surface area contributed by atoms with Gasteiger partial charge in [0.1, 0.15) is 5.82 Å². The molecule has 0 aromatic heterocycles. The van der Waals surface area contributed by atoms with Crippen LogP contribution in [-0.4, -0.2) is 42.5 Å². The van der Waals surface area contributed by atoms with E-state index in [1.54, 1.807) is 21.9 Å². The highest BCUT2D eigenvalue weighted by Crippen LogP contribution is 2.36. The molecule has 1 atom stereocenters. The highest BCUT2D eigenvalue weighted by Gasteiger charge is 2.41. The Morgan fingerprint density at radius 2 is 1.71 bits per heavy atom. The second-order valence-electron chi connectivity index (χ2n) is 8.87. The smallest absolute Gasteiger partial charge is 0.369 e. The largest absolute Gasteiger partial charge is 0.391 e. The summed E-state index contributed by atoms with van der Waals surface area (Å²) in [4.78, 5) is 26.7. The number of nitrogens with one attached hydrogen (secondary N) is 1. The zero-order valence-electron chi connectivity index (χ0n) is 18.4. The van der Waals surface area contributed by atoms with Gasteiger partial charge in [-0.05, 0) is 48.7 Å². The maximum atomic E-state index is 14.4. The van der Waals surface area contributed by atoms with E-state index in [4.69, 9.17) is 5.73 Å². The van der Waals surface area contributed by atoms with Crippen LogP contribution in [0, 0.1) is 17.7 Å². The fourth-order valence-electron chi connectivity index (χ4n) is 4.48. The molecule has 1 unspecified atom stereocenters. The van der Waals surface area contributed by atoms with Crippen molar-refractivity contribution in [2.75, 3.05) is 29.9 Å². The molecule has 6 nitrogen and oxygen atoms in total. The van der Waals surface area contributed by atoms with E-state index in [0.29, 0.717) is 18.8 Å². The normalized spacial score (nSPS) is 19.5. The Morgan fingerprint density at radius 1 is 1.06 bits per heavy atom. The van der Waals surface area contributed by atoms with Gasteiger partial charge in [0.05, 0.1) is 17.5 Å². The summed E-state index contributed by atoms with van der Waals surface area (Å²) in [5, 5.41) is 3.18. The second-order valence-corrected chi connectivity index (χ2v) is 8.87. The minimum atomic E-state index is -4.22. The molecular weight excluding hydrogens is 452 g/mol. The number of carbonyl (C=O) groups is 2. The maximum absolute atomic E-state index is 14.4. The van der Waals surface area contributed by atoms with Crippen LogP contribution in [0.25, 0.3) is 0 Å². The number of anilines is 3. The van der Waals surface area contributed by atoms with E-state index in [0.717, 1.165) is 11.3 Å². The van der Waals surface area contributed by atoms with Gasteiger partial charge in [-0.1, -0.05) is 12.1 Å². The second kappa shape index (κ2) is 9.52. The average molecular weight is 478 g/mol. The van der Waals surface area contributed by atoms with Crippen molar-refractivity contribution in [3.63, 3.8) is 0 Å². The van der Waals surface area contributed by atoms with Crippen molar-refractivity contribution >= 4 is 28.9 Å². The van der Waals surface area contributed by atoms with Crippen LogP contribution in [0.15, 0.2) is 42.5 Å². The fourth-order valence-corrected chi connectivity index (χ4v) is 4.48. The molecule has 2 aromatic carbocycles. The molecule has 0 saturated carbocycles. The first-order chi connectivity index (χ1) is 16.1. The van der Waals surface area contributed by atoms with E-state index < -0.39 is 29.7 Å². The monoisotopic (exact) mass is 478 g/mol. The maximum Gasteiger partial charge on any atom is 0.391 e. The molecule has 34 heavy (non-hydrogen) atoms. The molecule has 10 heteroatoms. The van der Waals surface area contributed by atoms with Gasteiger partial charge in [0.15, 0.2) is 0 Å². The molecule has 2 heterocycles.